The molecule has 1 atom stereocenters. The van der Waals surface area contributed by atoms with E-state index in [9.17, 15) is 0 Å². The first-order chi connectivity index (χ1) is 20.0. The second kappa shape index (κ2) is 9.94. The van der Waals surface area contributed by atoms with Crippen LogP contribution in [0, 0.1) is 6.92 Å². The van der Waals surface area contributed by atoms with Gasteiger partial charge in [-0.2, -0.15) is 5.10 Å². The predicted octanol–water partition coefficient (Wildman–Crippen LogP) is 7.70. The lowest BCUT2D eigenvalue weighted by Gasteiger charge is -2.40. The number of fused-ring (bicyclic) bond motifs is 4. The van der Waals surface area contributed by atoms with Crippen LogP contribution < -0.4 is 15.1 Å². The number of hydrogen-bond donors (Lipinski definition) is 1. The summed E-state index contributed by atoms with van der Waals surface area (Å²) in [6, 6.07) is 34.5. The average molecular weight is 558 g/mol. The normalized spacial score (nSPS) is 15.3. The van der Waals surface area contributed by atoms with Gasteiger partial charge in [0.2, 0.25) is 0 Å². The van der Waals surface area contributed by atoms with Crippen molar-refractivity contribution in [2.45, 2.75) is 13.0 Å². The number of aryl methyl sites for hydroxylation is 1. The Kier molecular flexibility index (Phi) is 6.09. The molecule has 1 N–H and O–H groups in total. The van der Waals surface area contributed by atoms with Crippen molar-refractivity contribution in [3.63, 3.8) is 0 Å². The van der Waals surface area contributed by atoms with Crippen molar-refractivity contribution in [2.24, 2.45) is 9.98 Å². The molecule has 2 aliphatic heterocycles. The number of benzene rings is 4. The van der Waals surface area contributed by atoms with E-state index in [1.54, 1.807) is 0 Å². The molecular formula is C33H28ClN7. The molecule has 0 aliphatic carbocycles. The molecule has 0 bridgehead atoms. The largest absolute Gasteiger partial charge is 0.378 e. The molecule has 8 heteroatoms. The van der Waals surface area contributed by atoms with Crippen LogP contribution in [0.25, 0.3) is 5.69 Å². The highest BCUT2D eigenvalue weighted by atomic mass is 35.5. The summed E-state index contributed by atoms with van der Waals surface area (Å²) in [7, 11) is 4.11. The number of rotatable bonds is 4. The first-order valence-corrected chi connectivity index (χ1v) is 13.9. The lowest BCUT2D eigenvalue weighted by molar-refractivity contribution is 0.815. The molecule has 2 aliphatic rings. The highest BCUT2D eigenvalue weighted by molar-refractivity contribution is 6.51. The van der Waals surface area contributed by atoms with Gasteiger partial charge in [0.25, 0.3) is 0 Å². The molecule has 0 fully saturated rings. The van der Waals surface area contributed by atoms with E-state index >= 15 is 0 Å². The SMILES string of the molecule is Cc1nn(-c2ccccc2)c2c1C(c1ccc(N(C)C)cc1)N1C(=N2)C(Nc2cccc(Cl)c2)=Nc2ccccc21. The zero-order chi connectivity index (χ0) is 28.1. The Morgan fingerprint density at radius 2 is 1.59 bits per heavy atom. The second-order valence-electron chi connectivity index (χ2n) is 10.3. The van der Waals surface area contributed by atoms with Crippen molar-refractivity contribution in [1.29, 1.82) is 0 Å². The number of para-hydroxylation sites is 3. The van der Waals surface area contributed by atoms with E-state index in [1.807, 2.05) is 65.3 Å². The Morgan fingerprint density at radius 3 is 2.34 bits per heavy atom. The maximum absolute atomic E-state index is 6.34. The van der Waals surface area contributed by atoms with Crippen LogP contribution in [-0.4, -0.2) is 35.5 Å². The average Bonchev–Trinajstić information content (AvgIpc) is 3.32. The van der Waals surface area contributed by atoms with Crippen LogP contribution in [0.15, 0.2) is 113 Å². The highest BCUT2D eigenvalue weighted by Gasteiger charge is 2.41. The van der Waals surface area contributed by atoms with Crippen LogP contribution >= 0.6 is 11.6 Å². The fourth-order valence-corrected chi connectivity index (χ4v) is 5.71. The van der Waals surface area contributed by atoms with Gasteiger partial charge in [0, 0.05) is 36.1 Å². The quantitative estimate of drug-likeness (QED) is 0.246. The lowest BCUT2D eigenvalue weighted by Crippen LogP contribution is -2.46. The third kappa shape index (κ3) is 4.35. The molecule has 0 radical (unpaired) electrons. The molecule has 7 nitrogen and oxygen atoms in total. The minimum atomic E-state index is -0.181. The van der Waals surface area contributed by atoms with Crippen LogP contribution in [0.3, 0.4) is 0 Å². The van der Waals surface area contributed by atoms with E-state index in [2.05, 4.69) is 78.6 Å². The van der Waals surface area contributed by atoms with Gasteiger partial charge in [0.05, 0.1) is 28.8 Å². The summed E-state index contributed by atoms with van der Waals surface area (Å²) in [6.07, 6.45) is 0. The van der Waals surface area contributed by atoms with E-state index in [1.165, 1.54) is 0 Å². The van der Waals surface area contributed by atoms with Gasteiger partial charge in [-0.1, -0.05) is 60.1 Å². The number of aromatic nitrogens is 2. The molecule has 0 spiro atoms. The fraction of sp³-hybridized carbons (Fsp3) is 0.121. The molecular weight excluding hydrogens is 530 g/mol. The van der Waals surface area contributed by atoms with Gasteiger partial charge in [0.15, 0.2) is 17.5 Å². The Bertz CT molecular complexity index is 1820. The number of anilines is 3. The number of halogens is 1. The zero-order valence-corrected chi connectivity index (χ0v) is 23.7. The molecule has 0 amide bonds. The maximum atomic E-state index is 6.34. The Balaban J connectivity index is 1.48. The zero-order valence-electron chi connectivity index (χ0n) is 23.0. The molecule has 0 saturated heterocycles. The van der Waals surface area contributed by atoms with Crippen molar-refractivity contribution in [3.8, 4) is 5.69 Å². The summed E-state index contributed by atoms with van der Waals surface area (Å²) in [6.45, 7) is 2.06. The molecule has 1 aromatic heterocycles. The third-order valence-electron chi connectivity index (χ3n) is 7.45. The molecule has 202 valence electrons. The third-order valence-corrected chi connectivity index (χ3v) is 7.69. The van der Waals surface area contributed by atoms with Crippen molar-refractivity contribution >= 4 is 51.8 Å². The summed E-state index contributed by atoms with van der Waals surface area (Å²) in [4.78, 5) is 14.7. The number of amidine groups is 2. The first kappa shape index (κ1) is 25.1. The standard InChI is InChI=1S/C33H28ClN7/c1-21-29-30(22-16-18-25(19-17-22)39(2)3)40-28-15-8-7-14-27(28)36-31(35-24-11-9-10-23(34)20-24)33(40)37-32(29)41(38-21)26-12-5-4-6-13-26/h4-20,30H,1-3H3,(H,35,36). The minimum absolute atomic E-state index is 0.181. The lowest BCUT2D eigenvalue weighted by atomic mass is 9.93. The maximum Gasteiger partial charge on any atom is 0.179 e. The second-order valence-corrected chi connectivity index (χ2v) is 10.8. The van der Waals surface area contributed by atoms with Crippen molar-refractivity contribution < 1.29 is 0 Å². The van der Waals surface area contributed by atoms with Crippen LogP contribution in [0.4, 0.5) is 28.6 Å². The van der Waals surface area contributed by atoms with E-state index < -0.39 is 0 Å². The highest BCUT2D eigenvalue weighted by Crippen LogP contribution is 2.48. The smallest absolute Gasteiger partial charge is 0.179 e. The van der Waals surface area contributed by atoms with Crippen LogP contribution in [0.5, 0.6) is 0 Å². The van der Waals surface area contributed by atoms with Crippen LogP contribution in [-0.2, 0) is 0 Å². The monoisotopic (exact) mass is 557 g/mol. The van der Waals surface area contributed by atoms with Gasteiger partial charge in [-0.15, -0.1) is 0 Å². The Hall–Kier alpha value is -4.88. The predicted molar refractivity (Wildman–Crippen MR) is 169 cm³/mol. The summed E-state index contributed by atoms with van der Waals surface area (Å²) in [5.74, 6) is 2.15. The van der Waals surface area contributed by atoms with Gasteiger partial charge in [-0.3, -0.25) is 0 Å². The first-order valence-electron chi connectivity index (χ1n) is 13.5. The topological polar surface area (TPSA) is 61.1 Å². The van der Waals surface area contributed by atoms with Crippen molar-refractivity contribution in [3.05, 3.63) is 125 Å². The summed E-state index contributed by atoms with van der Waals surface area (Å²) in [5.41, 5.74) is 7.91. The van der Waals surface area contributed by atoms with E-state index in [4.69, 9.17) is 26.7 Å². The number of nitrogens with zero attached hydrogens (tertiary/aromatic N) is 6. The van der Waals surface area contributed by atoms with Gasteiger partial charge in [-0.25, -0.2) is 14.7 Å². The van der Waals surface area contributed by atoms with E-state index in [-0.39, 0.29) is 6.04 Å². The number of hydrogen-bond acceptors (Lipinski definition) is 6. The van der Waals surface area contributed by atoms with Gasteiger partial charge in [-0.05, 0) is 67.1 Å². The van der Waals surface area contributed by atoms with E-state index in [0.717, 1.165) is 56.9 Å². The van der Waals surface area contributed by atoms with Gasteiger partial charge < -0.3 is 15.1 Å². The summed E-state index contributed by atoms with van der Waals surface area (Å²) >= 11 is 6.34. The van der Waals surface area contributed by atoms with Crippen LogP contribution in [0.1, 0.15) is 22.9 Å². The molecule has 0 saturated carbocycles. The van der Waals surface area contributed by atoms with Gasteiger partial charge >= 0.3 is 0 Å². The summed E-state index contributed by atoms with van der Waals surface area (Å²) < 4.78 is 1.94. The van der Waals surface area contributed by atoms with Crippen molar-refractivity contribution in [2.75, 3.05) is 29.2 Å². The molecule has 5 aromatic rings. The minimum Gasteiger partial charge on any atom is -0.378 e. The van der Waals surface area contributed by atoms with E-state index in [0.29, 0.717) is 10.9 Å². The number of aliphatic imine (C=N–C) groups is 2. The Labute approximate surface area is 244 Å². The fourth-order valence-electron chi connectivity index (χ4n) is 5.52. The summed E-state index contributed by atoms with van der Waals surface area (Å²) in [5, 5.41) is 9.17. The molecule has 3 heterocycles. The molecule has 4 aromatic carbocycles. The molecule has 41 heavy (non-hydrogen) atoms. The molecule has 1 unspecified atom stereocenters. The van der Waals surface area contributed by atoms with Crippen LogP contribution in [0.2, 0.25) is 5.02 Å². The van der Waals surface area contributed by atoms with Crippen molar-refractivity contribution in [1.82, 2.24) is 9.78 Å². The Morgan fingerprint density at radius 1 is 0.829 bits per heavy atom. The van der Waals surface area contributed by atoms with Gasteiger partial charge in [0.1, 0.15) is 0 Å². The number of nitrogens with one attached hydrogen (secondary N) is 1. The molecule has 7 rings (SSSR count).